The molecule has 0 bridgehead atoms. The van der Waals surface area contributed by atoms with Gasteiger partial charge in [-0.1, -0.05) is 22.4 Å². The lowest BCUT2D eigenvalue weighted by atomic mass is 9.63. The van der Waals surface area contributed by atoms with Gasteiger partial charge in [-0.25, -0.2) is 0 Å². The first kappa shape index (κ1) is 10.5. The monoisotopic (exact) mass is 259 g/mol. The molecule has 0 radical (unpaired) electrons. The van der Waals surface area contributed by atoms with Gasteiger partial charge in [-0.3, -0.25) is 4.79 Å². The molecule has 1 saturated carbocycles. The average molecular weight is 260 g/mol. The second-order valence-corrected chi connectivity index (χ2v) is 6.17. The quantitative estimate of drug-likeness (QED) is 0.663. The van der Waals surface area contributed by atoms with E-state index in [0.717, 1.165) is 13.1 Å². The lowest BCUT2D eigenvalue weighted by Crippen LogP contribution is -2.47. The molecule has 14 heavy (non-hydrogen) atoms. The molecule has 1 aliphatic carbocycles. The molecule has 2 nitrogen and oxygen atoms in total. The van der Waals surface area contributed by atoms with E-state index in [0.29, 0.717) is 5.41 Å². The van der Waals surface area contributed by atoms with Crippen LogP contribution in [-0.2, 0) is 4.79 Å². The molecule has 2 rings (SSSR count). The third kappa shape index (κ3) is 1.83. The zero-order valence-electron chi connectivity index (χ0n) is 8.76. The highest BCUT2D eigenvalue weighted by molar-refractivity contribution is 9.10. The molecule has 2 fully saturated rings. The van der Waals surface area contributed by atoms with Gasteiger partial charge in [0.1, 0.15) is 0 Å². The summed E-state index contributed by atoms with van der Waals surface area (Å²) < 4.78 is 0. The Bertz CT molecular complexity index is 225. The van der Waals surface area contributed by atoms with Gasteiger partial charge in [0.25, 0.3) is 0 Å². The van der Waals surface area contributed by atoms with Crippen LogP contribution in [0.15, 0.2) is 0 Å². The highest BCUT2D eigenvalue weighted by atomic mass is 79.9. The van der Waals surface area contributed by atoms with Crippen molar-refractivity contribution in [2.75, 3.05) is 13.1 Å². The Hall–Kier alpha value is -0.0500. The summed E-state index contributed by atoms with van der Waals surface area (Å²) in [5, 5.41) is 0. The van der Waals surface area contributed by atoms with Crippen molar-refractivity contribution < 1.29 is 4.79 Å². The third-order valence-corrected chi connectivity index (χ3v) is 4.28. The maximum atomic E-state index is 11.7. The van der Waals surface area contributed by atoms with Gasteiger partial charge in [-0.15, -0.1) is 0 Å². The summed E-state index contributed by atoms with van der Waals surface area (Å²) in [5.74, 6) is 0.263. The predicted molar refractivity (Wildman–Crippen MR) is 60.5 cm³/mol. The highest BCUT2D eigenvalue weighted by Gasteiger charge is 2.40. The van der Waals surface area contributed by atoms with Gasteiger partial charge >= 0.3 is 0 Å². The van der Waals surface area contributed by atoms with E-state index < -0.39 is 0 Å². The number of hydrogen-bond donors (Lipinski definition) is 0. The van der Waals surface area contributed by atoms with E-state index in [1.165, 1.54) is 32.1 Å². The van der Waals surface area contributed by atoms with E-state index in [1.54, 1.807) is 0 Å². The van der Waals surface area contributed by atoms with Crippen molar-refractivity contribution in [1.29, 1.82) is 0 Å². The first-order valence-electron chi connectivity index (χ1n) is 5.56. The van der Waals surface area contributed by atoms with Crippen molar-refractivity contribution in [3.63, 3.8) is 0 Å². The molecule has 1 spiro atoms. The molecule has 0 N–H and O–H groups in total. The smallest absolute Gasteiger partial charge is 0.236 e. The van der Waals surface area contributed by atoms with Crippen molar-refractivity contribution in [2.24, 2.45) is 5.41 Å². The molecular formula is C11H18BrNO. The summed E-state index contributed by atoms with van der Waals surface area (Å²) in [6, 6.07) is 0. The molecule has 1 atom stereocenters. The lowest BCUT2D eigenvalue weighted by Gasteiger charge is -2.48. The highest BCUT2D eigenvalue weighted by Crippen LogP contribution is 2.48. The molecule has 2 aliphatic rings. The first-order valence-corrected chi connectivity index (χ1v) is 6.47. The Labute approximate surface area is 94.2 Å². The van der Waals surface area contributed by atoms with E-state index in [-0.39, 0.29) is 10.7 Å². The van der Waals surface area contributed by atoms with Gasteiger partial charge < -0.3 is 4.90 Å². The molecule has 1 heterocycles. The minimum absolute atomic E-state index is 0.0158. The lowest BCUT2D eigenvalue weighted by molar-refractivity contribution is -0.133. The number of amides is 1. The van der Waals surface area contributed by atoms with Gasteiger partial charge in [0.2, 0.25) is 5.91 Å². The zero-order chi connectivity index (χ0) is 10.2. The third-order valence-electron chi connectivity index (χ3n) is 3.89. The average Bonchev–Trinajstić information content (AvgIpc) is 2.14. The number of hydrogen-bond acceptors (Lipinski definition) is 1. The second kappa shape index (κ2) is 3.84. The molecule has 0 aromatic carbocycles. The van der Waals surface area contributed by atoms with Crippen LogP contribution in [0.1, 0.15) is 39.0 Å². The largest absolute Gasteiger partial charge is 0.342 e. The van der Waals surface area contributed by atoms with Crippen molar-refractivity contribution in [3.05, 3.63) is 0 Å². The molecule has 0 aromatic rings. The summed E-state index contributed by atoms with van der Waals surface area (Å²) in [4.78, 5) is 13.7. The summed E-state index contributed by atoms with van der Waals surface area (Å²) in [5.41, 5.74) is 0.645. The van der Waals surface area contributed by atoms with Crippen LogP contribution < -0.4 is 0 Å². The number of nitrogens with zero attached hydrogens (tertiary/aromatic N) is 1. The zero-order valence-corrected chi connectivity index (χ0v) is 10.3. The Morgan fingerprint density at radius 2 is 1.86 bits per heavy atom. The van der Waals surface area contributed by atoms with E-state index in [2.05, 4.69) is 15.9 Å². The molecule has 1 aliphatic heterocycles. The molecule has 0 aromatic heterocycles. The molecule has 1 amide bonds. The number of rotatable bonds is 1. The summed E-state index contributed by atoms with van der Waals surface area (Å²) in [6.07, 6.45) is 6.68. The second-order valence-electron chi connectivity index (χ2n) is 4.79. The van der Waals surface area contributed by atoms with Crippen molar-refractivity contribution in [1.82, 2.24) is 4.90 Å². The first-order chi connectivity index (χ1) is 6.63. The fourth-order valence-corrected chi connectivity index (χ4v) is 2.92. The van der Waals surface area contributed by atoms with Crippen LogP contribution in [0.5, 0.6) is 0 Å². The van der Waals surface area contributed by atoms with Crippen LogP contribution in [0, 0.1) is 5.41 Å². The summed E-state index contributed by atoms with van der Waals surface area (Å²) in [7, 11) is 0. The van der Waals surface area contributed by atoms with Crippen molar-refractivity contribution >= 4 is 21.8 Å². The SMILES string of the molecule is CC(Br)C(=O)N1CCC2(CCC2)CC1. The van der Waals surface area contributed by atoms with Crippen molar-refractivity contribution in [2.45, 2.75) is 43.9 Å². The standard InChI is InChI=1S/C11H18BrNO/c1-9(12)10(14)13-7-5-11(6-8-13)3-2-4-11/h9H,2-8H2,1H3. The fourth-order valence-electron chi connectivity index (χ4n) is 2.63. The minimum Gasteiger partial charge on any atom is -0.342 e. The van der Waals surface area contributed by atoms with Gasteiger partial charge in [0.15, 0.2) is 0 Å². The Kier molecular flexibility index (Phi) is 2.87. The van der Waals surface area contributed by atoms with E-state index >= 15 is 0 Å². The van der Waals surface area contributed by atoms with Gasteiger partial charge in [0.05, 0.1) is 4.83 Å². The molecule has 80 valence electrons. The van der Waals surface area contributed by atoms with Crippen LogP contribution in [0.2, 0.25) is 0 Å². The predicted octanol–water partition coefficient (Wildman–Crippen LogP) is 2.56. The molecule has 3 heteroatoms. The van der Waals surface area contributed by atoms with Crippen LogP contribution in [0.3, 0.4) is 0 Å². The van der Waals surface area contributed by atoms with E-state index in [4.69, 9.17) is 0 Å². The van der Waals surface area contributed by atoms with Crippen LogP contribution in [0.25, 0.3) is 0 Å². The maximum absolute atomic E-state index is 11.7. The Balaban J connectivity index is 1.86. The number of likely N-dealkylation sites (tertiary alicyclic amines) is 1. The number of carbonyl (C=O) groups is 1. The van der Waals surface area contributed by atoms with Crippen LogP contribution in [0.4, 0.5) is 0 Å². The van der Waals surface area contributed by atoms with Gasteiger partial charge in [-0.05, 0) is 38.0 Å². The minimum atomic E-state index is -0.0158. The van der Waals surface area contributed by atoms with E-state index in [9.17, 15) is 4.79 Å². The van der Waals surface area contributed by atoms with Gasteiger partial charge in [0, 0.05) is 13.1 Å². The Morgan fingerprint density at radius 3 is 2.21 bits per heavy atom. The fraction of sp³-hybridized carbons (Fsp3) is 0.909. The molecule has 1 saturated heterocycles. The summed E-state index contributed by atoms with van der Waals surface area (Å²) in [6.45, 7) is 3.87. The number of alkyl halides is 1. The number of carbonyl (C=O) groups excluding carboxylic acids is 1. The van der Waals surface area contributed by atoms with E-state index in [1.807, 2.05) is 11.8 Å². The number of halogens is 1. The topological polar surface area (TPSA) is 20.3 Å². The van der Waals surface area contributed by atoms with Gasteiger partial charge in [-0.2, -0.15) is 0 Å². The summed E-state index contributed by atoms with van der Waals surface area (Å²) >= 11 is 3.34. The Morgan fingerprint density at radius 1 is 1.29 bits per heavy atom. The van der Waals surface area contributed by atoms with Crippen LogP contribution in [-0.4, -0.2) is 28.7 Å². The van der Waals surface area contributed by atoms with Crippen LogP contribution >= 0.6 is 15.9 Å². The molecule has 1 unspecified atom stereocenters. The van der Waals surface area contributed by atoms with Crippen molar-refractivity contribution in [3.8, 4) is 0 Å². The number of piperidine rings is 1. The normalized spacial score (nSPS) is 27.1. The maximum Gasteiger partial charge on any atom is 0.236 e. The molecular weight excluding hydrogens is 242 g/mol.